The molecule has 20 heavy (non-hydrogen) atoms. The van der Waals surface area contributed by atoms with Gasteiger partial charge in [0.2, 0.25) is 0 Å². The molecule has 0 spiro atoms. The zero-order valence-electron chi connectivity index (χ0n) is 12.6. The topological polar surface area (TPSA) is 42.0 Å². The molecule has 1 N–H and O–H groups in total. The first-order valence-corrected chi connectivity index (χ1v) is 7.45. The van der Waals surface area contributed by atoms with Gasteiger partial charge in [-0.2, -0.15) is 0 Å². The molecular weight excluding hydrogens is 268 g/mol. The van der Waals surface area contributed by atoms with Crippen LogP contribution in [0.25, 0.3) is 0 Å². The number of anilines is 1. The summed E-state index contributed by atoms with van der Waals surface area (Å²) in [7, 11) is 0. The first-order valence-electron chi connectivity index (χ1n) is 6.63. The van der Waals surface area contributed by atoms with Crippen molar-refractivity contribution in [2.24, 2.45) is 0 Å². The molecule has 0 radical (unpaired) electrons. The van der Waals surface area contributed by atoms with Crippen molar-refractivity contribution in [2.75, 3.05) is 5.32 Å². The number of nitrogens with zero attached hydrogens (tertiary/aromatic N) is 1. The Kier molecular flexibility index (Phi) is 3.95. The fourth-order valence-corrected chi connectivity index (χ4v) is 3.04. The molecule has 4 heteroatoms. The van der Waals surface area contributed by atoms with Gasteiger partial charge in [0, 0.05) is 10.4 Å². The molecule has 0 fully saturated rings. The van der Waals surface area contributed by atoms with E-state index in [0.717, 1.165) is 11.3 Å². The second kappa shape index (κ2) is 5.37. The lowest BCUT2D eigenvalue weighted by Gasteiger charge is -2.16. The van der Waals surface area contributed by atoms with Gasteiger partial charge in [0.25, 0.3) is 5.91 Å². The van der Waals surface area contributed by atoms with E-state index in [-0.39, 0.29) is 11.3 Å². The molecule has 0 unspecified atom stereocenters. The summed E-state index contributed by atoms with van der Waals surface area (Å²) in [5, 5.41) is 3.54. The van der Waals surface area contributed by atoms with E-state index in [1.807, 2.05) is 38.1 Å². The van der Waals surface area contributed by atoms with Crippen LogP contribution in [0, 0.1) is 13.8 Å². The normalized spacial score (nSPS) is 11.4. The number of amides is 1. The molecule has 0 bridgehead atoms. The molecule has 0 atom stereocenters. The van der Waals surface area contributed by atoms with E-state index in [1.165, 1.54) is 4.88 Å². The van der Waals surface area contributed by atoms with E-state index < -0.39 is 0 Å². The van der Waals surface area contributed by atoms with E-state index in [2.05, 4.69) is 31.1 Å². The second-order valence-electron chi connectivity index (χ2n) is 6.00. The fraction of sp³-hybridized carbons (Fsp3) is 0.375. The van der Waals surface area contributed by atoms with E-state index >= 15 is 0 Å². The van der Waals surface area contributed by atoms with Gasteiger partial charge < -0.3 is 0 Å². The zero-order valence-corrected chi connectivity index (χ0v) is 13.4. The Hall–Kier alpha value is -1.68. The maximum Gasteiger partial charge on any atom is 0.257 e. The van der Waals surface area contributed by atoms with Crippen LogP contribution in [0.15, 0.2) is 24.3 Å². The Morgan fingerprint density at radius 2 is 1.75 bits per heavy atom. The third-order valence-corrected chi connectivity index (χ3v) is 4.51. The van der Waals surface area contributed by atoms with Crippen molar-refractivity contribution in [3.63, 3.8) is 0 Å². The highest BCUT2D eigenvalue weighted by Crippen LogP contribution is 2.33. The Balaban J connectivity index is 2.18. The molecule has 1 amide bonds. The molecular formula is C16H20N2OS. The highest BCUT2D eigenvalue weighted by atomic mass is 32.1. The van der Waals surface area contributed by atoms with E-state index in [0.29, 0.717) is 10.7 Å². The summed E-state index contributed by atoms with van der Waals surface area (Å²) in [6, 6.07) is 7.52. The second-order valence-corrected chi connectivity index (χ2v) is 7.00. The number of nitrogens with one attached hydrogen (secondary N) is 1. The third kappa shape index (κ3) is 3.25. The summed E-state index contributed by atoms with van der Waals surface area (Å²) < 4.78 is 0. The van der Waals surface area contributed by atoms with Crippen molar-refractivity contribution < 1.29 is 4.79 Å². The number of hydrogen-bond acceptors (Lipinski definition) is 3. The highest BCUT2D eigenvalue weighted by Gasteiger charge is 2.21. The maximum absolute atomic E-state index is 12.2. The number of benzene rings is 1. The molecule has 0 saturated heterocycles. The average molecular weight is 288 g/mol. The number of carbonyl (C=O) groups excluding carboxylic acids is 1. The number of aryl methyl sites for hydroxylation is 2. The summed E-state index contributed by atoms with van der Waals surface area (Å²) >= 11 is 1.55. The van der Waals surface area contributed by atoms with Crippen molar-refractivity contribution in [1.29, 1.82) is 0 Å². The van der Waals surface area contributed by atoms with Crippen LogP contribution in [-0.2, 0) is 5.41 Å². The van der Waals surface area contributed by atoms with Crippen LogP contribution in [0.5, 0.6) is 0 Å². The quantitative estimate of drug-likeness (QED) is 0.894. The summed E-state index contributed by atoms with van der Waals surface area (Å²) in [5.74, 6) is -0.112. The van der Waals surface area contributed by atoms with Crippen LogP contribution in [0.1, 0.15) is 47.3 Å². The first-order chi connectivity index (χ1) is 9.27. The highest BCUT2D eigenvalue weighted by molar-refractivity contribution is 7.16. The van der Waals surface area contributed by atoms with Crippen molar-refractivity contribution in [3.8, 4) is 0 Å². The standard InChI is InChI=1S/C16H20N2OS/c1-10-6-8-12(9-7-10)14(19)18-15-17-11(2)13(20-15)16(3,4)5/h6-9H,1-5H3,(H,17,18,19). The molecule has 1 heterocycles. The summed E-state index contributed by atoms with van der Waals surface area (Å²) in [6.07, 6.45) is 0. The number of hydrogen-bond donors (Lipinski definition) is 1. The molecule has 0 aliphatic heterocycles. The maximum atomic E-state index is 12.2. The molecule has 0 aliphatic carbocycles. The molecule has 1 aromatic heterocycles. The monoisotopic (exact) mass is 288 g/mol. The summed E-state index contributed by atoms with van der Waals surface area (Å²) in [6.45, 7) is 10.4. The first kappa shape index (κ1) is 14.7. The largest absolute Gasteiger partial charge is 0.298 e. The lowest BCUT2D eigenvalue weighted by molar-refractivity contribution is 0.102. The van der Waals surface area contributed by atoms with Crippen molar-refractivity contribution >= 4 is 22.4 Å². The lowest BCUT2D eigenvalue weighted by Crippen LogP contribution is -2.11. The minimum atomic E-state index is -0.112. The van der Waals surface area contributed by atoms with Crippen molar-refractivity contribution in [3.05, 3.63) is 46.0 Å². The van der Waals surface area contributed by atoms with Crippen molar-refractivity contribution in [2.45, 2.75) is 40.0 Å². The molecule has 2 rings (SSSR count). The van der Waals surface area contributed by atoms with Crippen molar-refractivity contribution in [1.82, 2.24) is 4.98 Å². The Bertz CT molecular complexity index is 621. The van der Waals surface area contributed by atoms with E-state index in [9.17, 15) is 4.79 Å². The van der Waals surface area contributed by atoms with Gasteiger partial charge in [0.05, 0.1) is 5.69 Å². The number of aromatic nitrogens is 1. The molecule has 3 nitrogen and oxygen atoms in total. The lowest BCUT2D eigenvalue weighted by atomic mass is 9.94. The van der Waals surface area contributed by atoms with Crippen LogP contribution >= 0.6 is 11.3 Å². The minimum Gasteiger partial charge on any atom is -0.298 e. The Morgan fingerprint density at radius 1 is 1.15 bits per heavy atom. The summed E-state index contributed by atoms with van der Waals surface area (Å²) in [5.41, 5.74) is 2.83. The van der Waals surface area contributed by atoms with E-state index in [4.69, 9.17) is 0 Å². The molecule has 0 aliphatic rings. The average Bonchev–Trinajstić information content (AvgIpc) is 2.70. The minimum absolute atomic E-state index is 0.0502. The molecule has 1 aromatic carbocycles. The fourth-order valence-electron chi connectivity index (χ4n) is 2.02. The summed E-state index contributed by atoms with van der Waals surface area (Å²) in [4.78, 5) is 17.8. The van der Waals surface area contributed by atoms with Gasteiger partial charge in [0.15, 0.2) is 5.13 Å². The van der Waals surface area contributed by atoms with Gasteiger partial charge in [-0.05, 0) is 31.4 Å². The third-order valence-electron chi connectivity index (χ3n) is 3.01. The number of carbonyl (C=O) groups is 1. The van der Waals surface area contributed by atoms with E-state index in [1.54, 1.807) is 11.3 Å². The van der Waals surface area contributed by atoms with Crippen LogP contribution in [0.4, 0.5) is 5.13 Å². The van der Waals surface area contributed by atoms with Gasteiger partial charge >= 0.3 is 0 Å². The molecule has 2 aromatic rings. The van der Waals surface area contributed by atoms with Crippen LogP contribution in [0.3, 0.4) is 0 Å². The predicted octanol–water partition coefficient (Wildman–Crippen LogP) is 4.31. The zero-order chi connectivity index (χ0) is 14.9. The van der Waals surface area contributed by atoms with Gasteiger partial charge in [-0.1, -0.05) is 38.5 Å². The van der Waals surface area contributed by atoms with Crippen LogP contribution < -0.4 is 5.32 Å². The van der Waals surface area contributed by atoms with Crippen LogP contribution in [0.2, 0.25) is 0 Å². The van der Waals surface area contributed by atoms with Gasteiger partial charge in [-0.15, -0.1) is 11.3 Å². The smallest absolute Gasteiger partial charge is 0.257 e. The van der Waals surface area contributed by atoms with Gasteiger partial charge in [-0.25, -0.2) is 4.98 Å². The molecule has 106 valence electrons. The number of thiazole rings is 1. The predicted molar refractivity (Wildman–Crippen MR) is 84.7 cm³/mol. The SMILES string of the molecule is Cc1ccc(C(=O)Nc2nc(C)c(C(C)(C)C)s2)cc1. The molecule has 0 saturated carbocycles. The van der Waals surface area contributed by atoms with Crippen LogP contribution in [-0.4, -0.2) is 10.9 Å². The Morgan fingerprint density at radius 3 is 2.25 bits per heavy atom. The van der Waals surface area contributed by atoms with Gasteiger partial charge in [-0.3, -0.25) is 10.1 Å². The number of rotatable bonds is 2. The van der Waals surface area contributed by atoms with Gasteiger partial charge in [0.1, 0.15) is 0 Å². The Labute approximate surface area is 124 Å².